The third-order valence-electron chi connectivity index (χ3n) is 11.2. The van der Waals surface area contributed by atoms with E-state index in [1.807, 2.05) is 0 Å². The van der Waals surface area contributed by atoms with Crippen molar-refractivity contribution in [3.8, 4) is 0 Å². The molecule has 0 rings (SSSR count). The van der Waals surface area contributed by atoms with Crippen LogP contribution in [0.1, 0.15) is 245 Å². The molecule has 360 valence electrons. The molecule has 0 aromatic heterocycles. The normalized spacial score (nSPS) is 13.9. The number of carbonyl (C=O) groups is 2. The van der Waals surface area contributed by atoms with Gasteiger partial charge >= 0.3 is 19.8 Å². The molecule has 0 aliphatic carbocycles. The number of carbonyl (C=O) groups excluding carboxylic acids is 1. The van der Waals surface area contributed by atoms with E-state index >= 15 is 0 Å². The first-order chi connectivity index (χ1) is 29.7. The minimum absolute atomic E-state index is 0.0167. The molecule has 0 aliphatic heterocycles. The number of carboxylic acid groups (broad SMARTS) is 1. The van der Waals surface area contributed by atoms with Crippen molar-refractivity contribution in [1.82, 2.24) is 0 Å². The van der Waals surface area contributed by atoms with Gasteiger partial charge in [0, 0.05) is 13.0 Å². The van der Waals surface area contributed by atoms with Crippen molar-refractivity contribution in [3.05, 3.63) is 24.3 Å². The van der Waals surface area contributed by atoms with E-state index < -0.39 is 45.1 Å². The molecule has 0 bridgehead atoms. The van der Waals surface area contributed by atoms with Crippen LogP contribution in [0.2, 0.25) is 0 Å². The fraction of sp³-hybridized carbons (Fsp3) is 0.880. The number of carboxylic acids is 1. The number of unbranched alkanes of at least 4 members (excludes halogenated alkanes) is 31. The molecule has 3 unspecified atom stereocenters. The summed E-state index contributed by atoms with van der Waals surface area (Å²) < 4.78 is 33.5. The van der Waals surface area contributed by atoms with E-state index in [4.69, 9.17) is 29.4 Å². The number of hydrogen-bond acceptors (Lipinski definition) is 8. The summed E-state index contributed by atoms with van der Waals surface area (Å²) in [7, 11) is -4.62. The third kappa shape index (κ3) is 46.3. The highest BCUT2D eigenvalue weighted by atomic mass is 31.2. The molecular formula is C50H96NO9P. The van der Waals surface area contributed by atoms with E-state index in [0.29, 0.717) is 13.0 Å². The Balaban J connectivity index is 4.08. The fourth-order valence-corrected chi connectivity index (χ4v) is 8.02. The first-order valence-electron chi connectivity index (χ1n) is 25.4. The lowest BCUT2D eigenvalue weighted by molar-refractivity contribution is -0.154. The summed E-state index contributed by atoms with van der Waals surface area (Å²) in [6.45, 7) is 3.90. The number of nitrogens with two attached hydrogens (primary N) is 1. The molecule has 0 saturated heterocycles. The second-order valence-electron chi connectivity index (χ2n) is 17.3. The van der Waals surface area contributed by atoms with Crippen LogP contribution >= 0.6 is 7.82 Å². The minimum atomic E-state index is -4.62. The van der Waals surface area contributed by atoms with E-state index in [0.717, 1.165) is 51.4 Å². The van der Waals surface area contributed by atoms with Gasteiger partial charge < -0.3 is 25.2 Å². The van der Waals surface area contributed by atoms with Gasteiger partial charge in [0.1, 0.15) is 12.1 Å². The molecule has 0 saturated carbocycles. The number of ether oxygens (including phenoxy) is 2. The number of rotatable bonds is 49. The van der Waals surface area contributed by atoms with Gasteiger partial charge in [0.2, 0.25) is 0 Å². The minimum Gasteiger partial charge on any atom is -0.480 e. The van der Waals surface area contributed by atoms with Crippen molar-refractivity contribution in [1.29, 1.82) is 0 Å². The molecule has 0 radical (unpaired) electrons. The smallest absolute Gasteiger partial charge is 0.472 e. The van der Waals surface area contributed by atoms with Gasteiger partial charge in [-0.1, -0.05) is 199 Å². The van der Waals surface area contributed by atoms with Crippen LogP contribution in [0.25, 0.3) is 0 Å². The summed E-state index contributed by atoms with van der Waals surface area (Å²) in [5, 5.41) is 8.92. The number of esters is 1. The summed E-state index contributed by atoms with van der Waals surface area (Å²) >= 11 is 0. The van der Waals surface area contributed by atoms with Gasteiger partial charge in [-0.05, 0) is 64.2 Å². The fourth-order valence-electron chi connectivity index (χ4n) is 7.24. The summed E-state index contributed by atoms with van der Waals surface area (Å²) in [6.07, 6.45) is 52.4. The molecule has 10 nitrogen and oxygen atoms in total. The van der Waals surface area contributed by atoms with Gasteiger partial charge in [-0.2, -0.15) is 0 Å². The molecule has 0 heterocycles. The maximum atomic E-state index is 12.7. The van der Waals surface area contributed by atoms with Crippen LogP contribution < -0.4 is 5.73 Å². The average Bonchev–Trinajstić information content (AvgIpc) is 3.24. The SMILES string of the molecule is CCCCCCCC/C=C\CCCCCCCC(=O)OC(COCCCCCCCCCCCCCC/C=C\CCCCCCCCCC)COP(=O)(O)OCC(N)C(=O)O. The number of phosphoric ester groups is 1. The maximum Gasteiger partial charge on any atom is 0.472 e. The zero-order valence-corrected chi connectivity index (χ0v) is 40.4. The Morgan fingerprint density at radius 3 is 1.25 bits per heavy atom. The zero-order valence-electron chi connectivity index (χ0n) is 39.5. The Bertz CT molecular complexity index is 1070. The standard InChI is InChI=1S/C50H96NO9P/c1-3-5-7-9-11-13-15-17-19-20-21-22-23-24-25-26-27-29-31-33-35-37-39-41-43-57-44-47(45-58-61(55,56)59-46-48(51)50(53)54)60-49(52)42-40-38-36-34-32-30-28-18-16-14-12-10-8-6-4-2/h18,20-21,28,47-48H,3-17,19,22-27,29-46,51H2,1-2H3,(H,53,54)(H,55,56)/b21-20-,28-18-. The van der Waals surface area contributed by atoms with Crippen molar-refractivity contribution in [2.24, 2.45) is 5.73 Å². The molecule has 61 heavy (non-hydrogen) atoms. The molecule has 4 N–H and O–H groups in total. The van der Waals surface area contributed by atoms with Crippen molar-refractivity contribution < 1.29 is 42.7 Å². The van der Waals surface area contributed by atoms with Crippen LogP contribution in [-0.2, 0) is 32.7 Å². The van der Waals surface area contributed by atoms with Gasteiger partial charge in [0.05, 0.1) is 19.8 Å². The number of phosphoric acid groups is 1. The van der Waals surface area contributed by atoms with E-state index in [-0.39, 0.29) is 13.0 Å². The van der Waals surface area contributed by atoms with E-state index in [1.54, 1.807) is 0 Å². The molecule has 11 heteroatoms. The van der Waals surface area contributed by atoms with E-state index in [2.05, 4.69) is 38.2 Å². The second-order valence-corrected chi connectivity index (χ2v) is 18.7. The molecule has 0 fully saturated rings. The molecule has 3 atom stereocenters. The lowest BCUT2D eigenvalue weighted by atomic mass is 10.0. The summed E-state index contributed by atoms with van der Waals surface area (Å²) in [5.41, 5.74) is 5.37. The van der Waals surface area contributed by atoms with Crippen LogP contribution in [-0.4, -0.2) is 60.5 Å². The predicted molar refractivity (Wildman–Crippen MR) is 254 cm³/mol. The van der Waals surface area contributed by atoms with Gasteiger partial charge in [0.15, 0.2) is 0 Å². The van der Waals surface area contributed by atoms with Crippen LogP contribution in [0, 0.1) is 0 Å². The molecule has 0 aromatic rings. The molecule has 0 spiro atoms. The summed E-state index contributed by atoms with van der Waals surface area (Å²) in [5.74, 6) is -1.78. The van der Waals surface area contributed by atoms with Gasteiger partial charge in [-0.3, -0.25) is 18.6 Å². The molecule has 0 aliphatic rings. The molecular weight excluding hydrogens is 790 g/mol. The van der Waals surface area contributed by atoms with Crippen molar-refractivity contribution in [2.45, 2.75) is 257 Å². The van der Waals surface area contributed by atoms with Crippen LogP contribution in [0.4, 0.5) is 0 Å². The van der Waals surface area contributed by atoms with Crippen LogP contribution in [0.5, 0.6) is 0 Å². The Kier molecular flexibility index (Phi) is 45.3. The predicted octanol–water partition coefficient (Wildman–Crippen LogP) is 14.7. The Morgan fingerprint density at radius 1 is 0.508 bits per heavy atom. The lowest BCUT2D eigenvalue weighted by Gasteiger charge is -2.20. The van der Waals surface area contributed by atoms with Crippen molar-refractivity contribution in [2.75, 3.05) is 26.4 Å². The first-order valence-corrected chi connectivity index (χ1v) is 26.9. The van der Waals surface area contributed by atoms with Crippen molar-refractivity contribution >= 4 is 19.8 Å². The number of aliphatic carboxylic acids is 1. The highest BCUT2D eigenvalue weighted by molar-refractivity contribution is 7.47. The van der Waals surface area contributed by atoms with E-state index in [1.165, 1.54) is 167 Å². The topological polar surface area (TPSA) is 155 Å². The second kappa shape index (κ2) is 46.4. The number of allylic oxidation sites excluding steroid dienone is 4. The third-order valence-corrected chi connectivity index (χ3v) is 12.2. The summed E-state index contributed by atoms with van der Waals surface area (Å²) in [4.78, 5) is 33.6. The van der Waals surface area contributed by atoms with Gasteiger partial charge in [-0.25, -0.2) is 4.57 Å². The largest absolute Gasteiger partial charge is 0.480 e. The number of hydrogen-bond donors (Lipinski definition) is 3. The zero-order chi connectivity index (χ0) is 44.8. The summed E-state index contributed by atoms with van der Waals surface area (Å²) in [6, 6.07) is -1.47. The van der Waals surface area contributed by atoms with Crippen LogP contribution in [0.3, 0.4) is 0 Å². The average molecular weight is 886 g/mol. The van der Waals surface area contributed by atoms with Crippen molar-refractivity contribution in [3.63, 3.8) is 0 Å². The molecule has 0 amide bonds. The van der Waals surface area contributed by atoms with E-state index in [9.17, 15) is 19.0 Å². The first kappa shape index (κ1) is 59.5. The highest BCUT2D eigenvalue weighted by Gasteiger charge is 2.27. The van der Waals surface area contributed by atoms with Gasteiger partial charge in [0.25, 0.3) is 0 Å². The maximum absolute atomic E-state index is 12.7. The monoisotopic (exact) mass is 886 g/mol. The quantitative estimate of drug-likeness (QED) is 0.0233. The Morgan fingerprint density at radius 2 is 0.852 bits per heavy atom. The van der Waals surface area contributed by atoms with Gasteiger partial charge in [-0.15, -0.1) is 0 Å². The Labute approximate surface area is 374 Å². The highest BCUT2D eigenvalue weighted by Crippen LogP contribution is 2.43. The van der Waals surface area contributed by atoms with Crippen LogP contribution in [0.15, 0.2) is 24.3 Å². The Hall–Kier alpha value is -1.55. The lowest BCUT2D eigenvalue weighted by Crippen LogP contribution is -2.34. The molecule has 0 aromatic carbocycles.